The molecule has 1 aliphatic heterocycles. The Morgan fingerprint density at radius 1 is 1.53 bits per heavy atom. The molecule has 17 heavy (non-hydrogen) atoms. The van der Waals surface area contributed by atoms with Crippen molar-refractivity contribution in [2.45, 2.75) is 45.1 Å². The molecule has 0 aliphatic carbocycles. The zero-order chi connectivity index (χ0) is 12.7. The quantitative estimate of drug-likeness (QED) is 0.734. The highest BCUT2D eigenvalue weighted by Gasteiger charge is 2.26. The highest BCUT2D eigenvalue weighted by molar-refractivity contribution is 5.85. The van der Waals surface area contributed by atoms with Crippen LogP contribution in [0.2, 0.25) is 0 Å². The van der Waals surface area contributed by atoms with Gasteiger partial charge in [-0.15, -0.1) is 0 Å². The topological polar surface area (TPSA) is 75.6 Å². The number of unbranched alkanes of at least 4 members (excludes halogenated alkanes) is 1. The molecule has 0 bridgehead atoms. The monoisotopic (exact) mass is 243 g/mol. The molecule has 1 saturated heterocycles. The van der Waals surface area contributed by atoms with Gasteiger partial charge in [-0.05, 0) is 19.3 Å². The minimum Gasteiger partial charge on any atom is -0.480 e. The summed E-state index contributed by atoms with van der Waals surface area (Å²) in [6.07, 6.45) is 3.87. The normalized spacial score (nSPS) is 21.8. The van der Waals surface area contributed by atoms with Crippen molar-refractivity contribution in [1.82, 2.24) is 5.32 Å². The number of ether oxygens (including phenoxy) is 1. The molecule has 2 unspecified atom stereocenters. The third-order valence-electron chi connectivity index (χ3n) is 2.99. The van der Waals surface area contributed by atoms with Crippen LogP contribution in [-0.2, 0) is 14.3 Å². The summed E-state index contributed by atoms with van der Waals surface area (Å²) in [5.41, 5.74) is 0. The molecule has 2 N–H and O–H groups in total. The summed E-state index contributed by atoms with van der Waals surface area (Å²) in [7, 11) is 0. The van der Waals surface area contributed by atoms with Crippen molar-refractivity contribution in [1.29, 1.82) is 0 Å². The van der Waals surface area contributed by atoms with Crippen molar-refractivity contribution < 1.29 is 19.4 Å². The molecule has 1 heterocycles. The number of aliphatic carboxylic acids is 1. The first-order valence-electron chi connectivity index (χ1n) is 6.26. The average molecular weight is 243 g/mol. The lowest BCUT2D eigenvalue weighted by Crippen LogP contribution is -2.45. The van der Waals surface area contributed by atoms with Crippen LogP contribution in [0.15, 0.2) is 0 Å². The van der Waals surface area contributed by atoms with Gasteiger partial charge in [0, 0.05) is 6.61 Å². The molecule has 1 fully saturated rings. The molecule has 2 atom stereocenters. The van der Waals surface area contributed by atoms with E-state index in [1.165, 1.54) is 0 Å². The summed E-state index contributed by atoms with van der Waals surface area (Å²) in [6.45, 7) is 3.10. The molecular formula is C12H21NO4. The Balaban J connectivity index is 2.42. The maximum absolute atomic E-state index is 11.8. The van der Waals surface area contributed by atoms with Gasteiger partial charge in [0.25, 0.3) is 0 Å². The van der Waals surface area contributed by atoms with Gasteiger partial charge in [-0.3, -0.25) is 4.79 Å². The Bertz CT molecular complexity index is 261. The third kappa shape index (κ3) is 4.73. The maximum Gasteiger partial charge on any atom is 0.326 e. The summed E-state index contributed by atoms with van der Waals surface area (Å²) in [6, 6.07) is -0.760. The summed E-state index contributed by atoms with van der Waals surface area (Å²) >= 11 is 0. The van der Waals surface area contributed by atoms with Crippen molar-refractivity contribution in [2.24, 2.45) is 5.92 Å². The van der Waals surface area contributed by atoms with Gasteiger partial charge in [-0.1, -0.05) is 19.8 Å². The van der Waals surface area contributed by atoms with Gasteiger partial charge in [-0.2, -0.15) is 0 Å². The van der Waals surface area contributed by atoms with Crippen LogP contribution in [0.1, 0.15) is 39.0 Å². The number of amides is 1. The second-order valence-electron chi connectivity index (χ2n) is 4.46. The second-order valence-corrected chi connectivity index (χ2v) is 4.46. The molecule has 98 valence electrons. The van der Waals surface area contributed by atoms with E-state index in [9.17, 15) is 9.59 Å². The molecule has 0 aromatic carbocycles. The van der Waals surface area contributed by atoms with E-state index in [1.54, 1.807) is 0 Å². The molecule has 5 nitrogen and oxygen atoms in total. The highest BCUT2D eigenvalue weighted by Crippen LogP contribution is 2.14. The van der Waals surface area contributed by atoms with Crippen molar-refractivity contribution in [3.8, 4) is 0 Å². The third-order valence-corrected chi connectivity index (χ3v) is 2.99. The van der Waals surface area contributed by atoms with Gasteiger partial charge < -0.3 is 15.2 Å². The summed E-state index contributed by atoms with van der Waals surface area (Å²) < 4.78 is 5.22. The van der Waals surface area contributed by atoms with Crippen molar-refractivity contribution in [2.75, 3.05) is 13.2 Å². The van der Waals surface area contributed by atoms with E-state index in [2.05, 4.69) is 5.32 Å². The predicted octanol–water partition coefficient (Wildman–Crippen LogP) is 1.17. The SMILES string of the molecule is CCCCC(NC(=O)C1CCCOC1)C(=O)O. The van der Waals surface area contributed by atoms with Crippen LogP contribution in [0, 0.1) is 5.92 Å². The Hall–Kier alpha value is -1.10. The fourth-order valence-electron chi connectivity index (χ4n) is 1.90. The molecule has 1 aliphatic rings. The van der Waals surface area contributed by atoms with Crippen LogP contribution in [0.3, 0.4) is 0 Å². The summed E-state index contributed by atoms with van der Waals surface area (Å²) in [5.74, 6) is -1.33. The Kier molecular flexibility index (Phi) is 5.97. The van der Waals surface area contributed by atoms with Gasteiger partial charge in [0.05, 0.1) is 12.5 Å². The van der Waals surface area contributed by atoms with Gasteiger partial charge in [0.1, 0.15) is 6.04 Å². The lowest BCUT2D eigenvalue weighted by atomic mass is 10.0. The van der Waals surface area contributed by atoms with E-state index < -0.39 is 12.0 Å². The Morgan fingerprint density at radius 2 is 2.29 bits per heavy atom. The molecule has 0 spiro atoms. The van der Waals surface area contributed by atoms with Crippen LogP contribution in [0.5, 0.6) is 0 Å². The number of carbonyl (C=O) groups excluding carboxylic acids is 1. The van der Waals surface area contributed by atoms with Crippen LogP contribution in [0.4, 0.5) is 0 Å². The van der Waals surface area contributed by atoms with E-state index in [0.29, 0.717) is 19.6 Å². The Morgan fingerprint density at radius 3 is 2.82 bits per heavy atom. The molecule has 5 heteroatoms. The number of hydrogen-bond donors (Lipinski definition) is 2. The van der Waals surface area contributed by atoms with Gasteiger partial charge in [-0.25, -0.2) is 4.79 Å². The van der Waals surface area contributed by atoms with Gasteiger partial charge in [0.2, 0.25) is 5.91 Å². The zero-order valence-electron chi connectivity index (χ0n) is 10.3. The van der Waals surface area contributed by atoms with Crippen LogP contribution in [-0.4, -0.2) is 36.2 Å². The van der Waals surface area contributed by atoms with Gasteiger partial charge in [0.15, 0.2) is 0 Å². The maximum atomic E-state index is 11.8. The fraction of sp³-hybridized carbons (Fsp3) is 0.833. The van der Waals surface area contributed by atoms with Crippen molar-refractivity contribution in [3.05, 3.63) is 0 Å². The first-order chi connectivity index (χ1) is 8.15. The summed E-state index contributed by atoms with van der Waals surface area (Å²) in [4.78, 5) is 22.8. The van der Waals surface area contributed by atoms with E-state index >= 15 is 0 Å². The first-order valence-corrected chi connectivity index (χ1v) is 6.26. The Labute approximate surface area is 102 Å². The molecule has 1 rings (SSSR count). The van der Waals surface area contributed by atoms with E-state index in [4.69, 9.17) is 9.84 Å². The van der Waals surface area contributed by atoms with E-state index in [1.807, 2.05) is 6.92 Å². The highest BCUT2D eigenvalue weighted by atomic mass is 16.5. The number of rotatable bonds is 6. The standard InChI is InChI=1S/C12H21NO4/c1-2-3-6-10(12(15)16)13-11(14)9-5-4-7-17-8-9/h9-10H,2-8H2,1H3,(H,13,14)(H,15,16). The molecule has 1 amide bonds. The van der Waals surface area contributed by atoms with Crippen molar-refractivity contribution in [3.63, 3.8) is 0 Å². The van der Waals surface area contributed by atoms with Crippen LogP contribution in [0.25, 0.3) is 0 Å². The average Bonchev–Trinajstić information content (AvgIpc) is 2.35. The number of carboxylic acids is 1. The second kappa shape index (κ2) is 7.27. The van der Waals surface area contributed by atoms with Crippen LogP contribution < -0.4 is 5.32 Å². The predicted molar refractivity (Wildman–Crippen MR) is 62.6 cm³/mol. The van der Waals surface area contributed by atoms with Crippen LogP contribution >= 0.6 is 0 Å². The largest absolute Gasteiger partial charge is 0.480 e. The lowest BCUT2D eigenvalue weighted by molar-refractivity contribution is -0.143. The molecular weight excluding hydrogens is 222 g/mol. The minimum absolute atomic E-state index is 0.187. The first kappa shape index (κ1) is 14.0. The fourth-order valence-corrected chi connectivity index (χ4v) is 1.90. The number of carbonyl (C=O) groups is 2. The van der Waals surface area contributed by atoms with Gasteiger partial charge >= 0.3 is 5.97 Å². The van der Waals surface area contributed by atoms with Crippen molar-refractivity contribution >= 4 is 11.9 Å². The van der Waals surface area contributed by atoms with E-state index in [-0.39, 0.29) is 11.8 Å². The molecule has 0 radical (unpaired) electrons. The smallest absolute Gasteiger partial charge is 0.326 e. The molecule has 0 aromatic heterocycles. The number of carboxylic acid groups (broad SMARTS) is 1. The number of hydrogen-bond acceptors (Lipinski definition) is 3. The molecule has 0 saturated carbocycles. The minimum atomic E-state index is -0.955. The lowest BCUT2D eigenvalue weighted by Gasteiger charge is -2.23. The summed E-state index contributed by atoms with van der Waals surface area (Å²) in [5, 5.41) is 11.6. The van der Waals surface area contributed by atoms with E-state index in [0.717, 1.165) is 25.7 Å². The number of nitrogens with one attached hydrogen (secondary N) is 1. The zero-order valence-corrected chi connectivity index (χ0v) is 10.3. The molecule has 0 aromatic rings.